The van der Waals surface area contributed by atoms with Crippen molar-refractivity contribution in [3.8, 4) is 5.75 Å². The van der Waals surface area contributed by atoms with Gasteiger partial charge in [0.25, 0.3) is 0 Å². The maximum absolute atomic E-state index is 10.3. The van der Waals surface area contributed by atoms with Gasteiger partial charge < -0.3 is 10.5 Å². The number of aromatic hydroxyl groups is 1. The number of aryl methyl sites for hydroxylation is 2. The van der Waals surface area contributed by atoms with E-state index in [1.165, 1.54) is 11.1 Å². The predicted octanol–water partition coefficient (Wildman–Crippen LogP) is 4.57. The third kappa shape index (κ3) is 3.09. The lowest BCUT2D eigenvalue weighted by molar-refractivity contribution is 0.469. The summed E-state index contributed by atoms with van der Waals surface area (Å²) in [6.45, 7) is 8.37. The van der Waals surface area contributed by atoms with E-state index >= 15 is 0 Å². The number of phenols is 1. The fraction of sp³-hybridized carbons (Fsp3) is 0.350. The van der Waals surface area contributed by atoms with Crippen LogP contribution in [-0.2, 0) is 0 Å². The second-order valence-electron chi connectivity index (χ2n) is 6.74. The number of nitrogens with zero attached hydrogens (tertiary/aromatic N) is 1. The van der Waals surface area contributed by atoms with Crippen LogP contribution in [0.3, 0.4) is 0 Å². The Morgan fingerprint density at radius 2 is 1.83 bits per heavy atom. The van der Waals surface area contributed by atoms with Gasteiger partial charge in [0.1, 0.15) is 5.75 Å². The largest absolute Gasteiger partial charge is 0.507 e. The van der Waals surface area contributed by atoms with Gasteiger partial charge in [0.2, 0.25) is 0 Å². The molecular formula is C20H24N2O. The number of hydrogen-bond donors (Lipinski definition) is 2. The summed E-state index contributed by atoms with van der Waals surface area (Å²) in [7, 11) is 0. The van der Waals surface area contributed by atoms with Crippen LogP contribution in [0.4, 0.5) is 0 Å². The lowest BCUT2D eigenvalue weighted by Crippen LogP contribution is -2.10. The van der Waals surface area contributed by atoms with Crippen LogP contribution in [0.15, 0.2) is 41.5 Å². The summed E-state index contributed by atoms with van der Waals surface area (Å²) in [4.78, 5) is 0. The van der Waals surface area contributed by atoms with Gasteiger partial charge in [-0.15, -0.1) is 0 Å². The van der Waals surface area contributed by atoms with Crippen LogP contribution in [0.1, 0.15) is 60.0 Å². The SMILES string of the molecule is Cc1cc(C)c(O)c(C2=NN[C@H](c3ccc(C(C)C)cc3)C2)c1. The molecule has 23 heavy (non-hydrogen) atoms. The lowest BCUT2D eigenvalue weighted by Gasteiger charge is -2.13. The Hall–Kier alpha value is -2.29. The average Bonchev–Trinajstić information content (AvgIpc) is 3.00. The normalized spacial score (nSPS) is 17.3. The number of rotatable bonds is 3. The molecule has 0 spiro atoms. The molecule has 3 nitrogen and oxygen atoms in total. The highest BCUT2D eigenvalue weighted by Gasteiger charge is 2.23. The summed E-state index contributed by atoms with van der Waals surface area (Å²) in [5.74, 6) is 0.881. The zero-order valence-corrected chi connectivity index (χ0v) is 14.2. The maximum atomic E-state index is 10.3. The first-order valence-corrected chi connectivity index (χ1v) is 8.18. The van der Waals surface area contributed by atoms with Gasteiger partial charge in [0, 0.05) is 12.0 Å². The first kappa shape index (κ1) is 15.6. The molecule has 0 aromatic heterocycles. The van der Waals surface area contributed by atoms with Crippen molar-refractivity contribution in [2.45, 2.75) is 46.1 Å². The van der Waals surface area contributed by atoms with Crippen LogP contribution in [0.5, 0.6) is 5.75 Å². The minimum Gasteiger partial charge on any atom is -0.507 e. The molecule has 120 valence electrons. The summed E-state index contributed by atoms with van der Waals surface area (Å²) >= 11 is 0. The smallest absolute Gasteiger partial charge is 0.127 e. The predicted molar refractivity (Wildman–Crippen MR) is 95.1 cm³/mol. The molecule has 0 saturated heterocycles. The van der Waals surface area contributed by atoms with Crippen molar-refractivity contribution >= 4 is 5.71 Å². The van der Waals surface area contributed by atoms with E-state index in [1.54, 1.807) is 0 Å². The van der Waals surface area contributed by atoms with E-state index in [1.807, 2.05) is 26.0 Å². The van der Waals surface area contributed by atoms with Crippen LogP contribution < -0.4 is 5.43 Å². The van der Waals surface area contributed by atoms with Gasteiger partial charge in [0.05, 0.1) is 11.8 Å². The lowest BCUT2D eigenvalue weighted by atomic mass is 9.94. The summed E-state index contributed by atoms with van der Waals surface area (Å²) in [5.41, 5.74) is 9.60. The van der Waals surface area contributed by atoms with Gasteiger partial charge in [-0.2, -0.15) is 5.10 Å². The Balaban J connectivity index is 1.80. The van der Waals surface area contributed by atoms with Crippen molar-refractivity contribution in [1.82, 2.24) is 5.43 Å². The molecule has 2 aromatic carbocycles. The Labute approximate surface area is 138 Å². The molecule has 1 atom stereocenters. The Bertz CT molecular complexity index is 745. The minimum atomic E-state index is 0.173. The quantitative estimate of drug-likeness (QED) is 0.872. The molecule has 1 heterocycles. The Morgan fingerprint density at radius 3 is 2.48 bits per heavy atom. The van der Waals surface area contributed by atoms with E-state index in [9.17, 15) is 5.11 Å². The molecule has 2 aromatic rings. The van der Waals surface area contributed by atoms with Crippen molar-refractivity contribution in [2.75, 3.05) is 0 Å². The standard InChI is InChI=1S/C20H24N2O/c1-12(2)15-5-7-16(8-6-15)18-11-19(22-21-18)17-10-13(3)9-14(4)20(17)23/h5-10,12,18,21,23H,11H2,1-4H3/t18-/m0/s1. The molecule has 2 N–H and O–H groups in total. The van der Waals surface area contributed by atoms with E-state index in [0.29, 0.717) is 11.7 Å². The first-order valence-electron chi connectivity index (χ1n) is 8.18. The molecule has 3 rings (SSSR count). The highest BCUT2D eigenvalue weighted by Crippen LogP contribution is 2.31. The van der Waals surface area contributed by atoms with Crippen molar-refractivity contribution in [2.24, 2.45) is 5.10 Å². The summed E-state index contributed by atoms with van der Waals surface area (Å²) in [5, 5.41) is 14.8. The number of benzene rings is 2. The second-order valence-corrected chi connectivity index (χ2v) is 6.74. The minimum absolute atomic E-state index is 0.173. The van der Waals surface area contributed by atoms with Gasteiger partial charge in [-0.25, -0.2) is 0 Å². The molecule has 1 aliphatic rings. The van der Waals surface area contributed by atoms with Crippen LogP contribution in [0.2, 0.25) is 0 Å². The monoisotopic (exact) mass is 308 g/mol. The van der Waals surface area contributed by atoms with Crippen LogP contribution in [-0.4, -0.2) is 10.8 Å². The molecule has 0 amide bonds. The third-order valence-electron chi connectivity index (χ3n) is 4.51. The molecule has 0 fully saturated rings. The summed E-state index contributed by atoms with van der Waals surface area (Å²) in [6, 6.07) is 12.9. The number of nitrogens with one attached hydrogen (secondary N) is 1. The van der Waals surface area contributed by atoms with Crippen LogP contribution in [0.25, 0.3) is 0 Å². The molecular weight excluding hydrogens is 284 g/mol. The van der Waals surface area contributed by atoms with Gasteiger partial charge >= 0.3 is 0 Å². The van der Waals surface area contributed by atoms with Crippen molar-refractivity contribution in [1.29, 1.82) is 0 Å². The highest BCUT2D eigenvalue weighted by atomic mass is 16.3. The molecule has 3 heteroatoms. The highest BCUT2D eigenvalue weighted by molar-refractivity contribution is 6.04. The van der Waals surface area contributed by atoms with Crippen molar-refractivity contribution in [3.63, 3.8) is 0 Å². The summed E-state index contributed by atoms with van der Waals surface area (Å²) in [6.07, 6.45) is 0.789. The van der Waals surface area contributed by atoms with Crippen LogP contribution >= 0.6 is 0 Å². The van der Waals surface area contributed by atoms with Gasteiger partial charge in [-0.05, 0) is 48.1 Å². The van der Waals surface area contributed by atoms with Gasteiger partial charge in [-0.1, -0.05) is 44.2 Å². The number of hydrazone groups is 1. The number of hydrogen-bond acceptors (Lipinski definition) is 3. The Morgan fingerprint density at radius 1 is 1.13 bits per heavy atom. The fourth-order valence-electron chi connectivity index (χ4n) is 3.10. The van der Waals surface area contributed by atoms with Gasteiger partial charge in [-0.3, -0.25) is 0 Å². The summed E-state index contributed by atoms with van der Waals surface area (Å²) < 4.78 is 0. The van der Waals surface area contributed by atoms with Crippen molar-refractivity contribution in [3.05, 3.63) is 64.2 Å². The average molecular weight is 308 g/mol. The van der Waals surface area contributed by atoms with E-state index in [4.69, 9.17) is 0 Å². The van der Waals surface area contributed by atoms with Crippen LogP contribution in [0, 0.1) is 13.8 Å². The van der Waals surface area contributed by atoms with E-state index in [0.717, 1.165) is 28.8 Å². The maximum Gasteiger partial charge on any atom is 0.127 e. The molecule has 1 aliphatic heterocycles. The first-order chi connectivity index (χ1) is 11.0. The second kappa shape index (κ2) is 6.07. The fourth-order valence-corrected chi connectivity index (χ4v) is 3.10. The molecule has 0 bridgehead atoms. The topological polar surface area (TPSA) is 44.6 Å². The zero-order chi connectivity index (χ0) is 16.6. The van der Waals surface area contributed by atoms with E-state index in [-0.39, 0.29) is 6.04 Å². The van der Waals surface area contributed by atoms with Crippen molar-refractivity contribution < 1.29 is 5.11 Å². The van der Waals surface area contributed by atoms with Gasteiger partial charge in [0.15, 0.2) is 0 Å². The molecule has 0 saturated carbocycles. The zero-order valence-electron chi connectivity index (χ0n) is 14.2. The molecule has 0 aliphatic carbocycles. The molecule has 0 unspecified atom stereocenters. The molecule has 0 radical (unpaired) electrons. The third-order valence-corrected chi connectivity index (χ3v) is 4.51. The Kier molecular flexibility index (Phi) is 4.12. The van der Waals surface area contributed by atoms with E-state index in [2.05, 4.69) is 48.6 Å². The number of phenolic OH excluding ortho intramolecular Hbond substituents is 1. The van der Waals surface area contributed by atoms with E-state index < -0.39 is 0 Å².